The van der Waals surface area contributed by atoms with Crippen LogP contribution >= 0.6 is 22.7 Å². The van der Waals surface area contributed by atoms with E-state index in [-0.39, 0.29) is 10.6 Å². The maximum atomic E-state index is 13.9. The van der Waals surface area contributed by atoms with E-state index in [0.29, 0.717) is 4.88 Å². The summed E-state index contributed by atoms with van der Waals surface area (Å²) in [6.07, 6.45) is 0.842. The molecule has 3 rings (SSSR count). The Morgan fingerprint density at radius 1 is 1.24 bits per heavy atom. The van der Waals surface area contributed by atoms with Gasteiger partial charge in [-0.15, -0.1) is 22.7 Å². The zero-order chi connectivity index (χ0) is 18.2. The summed E-state index contributed by atoms with van der Waals surface area (Å²) >= 11 is 2.92. The van der Waals surface area contributed by atoms with E-state index in [1.54, 1.807) is 37.3 Å². The topological polar surface area (TPSA) is 59.1 Å². The second-order valence-electron chi connectivity index (χ2n) is 5.60. The molecular weight excluding hydrogens is 379 g/mol. The normalized spacial score (nSPS) is 11.7. The highest BCUT2D eigenvalue weighted by Gasteiger charge is 2.22. The maximum Gasteiger partial charge on any atom is 0.263 e. The molecule has 0 radical (unpaired) electrons. The summed E-state index contributed by atoms with van der Waals surface area (Å²) in [4.78, 5) is 6.08. The zero-order valence-electron chi connectivity index (χ0n) is 14.0. The monoisotopic (exact) mass is 396 g/mol. The fourth-order valence-corrected chi connectivity index (χ4v) is 5.79. The molecule has 0 aliphatic heterocycles. The van der Waals surface area contributed by atoms with Crippen molar-refractivity contribution in [3.05, 3.63) is 50.9 Å². The third kappa shape index (κ3) is 3.75. The highest BCUT2D eigenvalue weighted by molar-refractivity contribution is 7.93. The number of nitrogens with zero attached hydrogens (tertiary/aromatic N) is 1. The predicted octanol–water partition coefficient (Wildman–Crippen LogP) is 4.99. The van der Waals surface area contributed by atoms with Crippen molar-refractivity contribution >= 4 is 38.4 Å². The number of benzene rings is 1. The molecule has 1 aromatic carbocycles. The number of aromatic nitrogens is 1. The molecule has 1 N–H and O–H groups in total. The Morgan fingerprint density at radius 3 is 2.68 bits per heavy atom. The number of hydrogen-bond donors (Lipinski definition) is 1. The first-order chi connectivity index (χ1) is 11.8. The summed E-state index contributed by atoms with van der Waals surface area (Å²) in [7, 11) is -3.87. The van der Waals surface area contributed by atoms with Crippen LogP contribution in [0, 0.1) is 19.7 Å². The molecule has 0 fully saturated rings. The summed E-state index contributed by atoms with van der Waals surface area (Å²) < 4.78 is 41.7. The molecule has 3 aromatic rings. The number of rotatable bonds is 5. The Bertz CT molecular complexity index is 1020. The van der Waals surface area contributed by atoms with Gasteiger partial charge in [0, 0.05) is 10.3 Å². The molecule has 0 bridgehead atoms. The van der Waals surface area contributed by atoms with E-state index in [2.05, 4.69) is 9.71 Å². The molecular formula is C17H17FN2O2S3. The third-order valence-electron chi connectivity index (χ3n) is 3.63. The molecule has 0 spiro atoms. The van der Waals surface area contributed by atoms with Crippen molar-refractivity contribution in [3.63, 3.8) is 0 Å². The van der Waals surface area contributed by atoms with Crippen LogP contribution in [-0.4, -0.2) is 13.4 Å². The van der Waals surface area contributed by atoms with Crippen molar-refractivity contribution in [1.29, 1.82) is 0 Å². The second kappa shape index (κ2) is 6.86. The lowest BCUT2D eigenvalue weighted by atomic mass is 10.2. The van der Waals surface area contributed by atoms with E-state index < -0.39 is 15.8 Å². The molecule has 132 valence electrons. The first-order valence-electron chi connectivity index (χ1n) is 7.64. The van der Waals surface area contributed by atoms with Gasteiger partial charge in [0.25, 0.3) is 10.0 Å². The van der Waals surface area contributed by atoms with Crippen LogP contribution in [0.1, 0.15) is 22.4 Å². The Labute approximate surface area is 154 Å². The Kier molecular flexibility index (Phi) is 4.95. The van der Waals surface area contributed by atoms with E-state index in [0.717, 1.165) is 27.6 Å². The van der Waals surface area contributed by atoms with Gasteiger partial charge in [-0.1, -0.05) is 13.0 Å². The molecule has 0 amide bonds. The molecule has 2 heterocycles. The minimum absolute atomic E-state index is 0.0472. The smallest absolute Gasteiger partial charge is 0.263 e. The van der Waals surface area contributed by atoms with Gasteiger partial charge in [0.2, 0.25) is 0 Å². The van der Waals surface area contributed by atoms with Crippen LogP contribution in [0.3, 0.4) is 0 Å². The van der Waals surface area contributed by atoms with Crippen molar-refractivity contribution in [1.82, 2.24) is 4.98 Å². The van der Waals surface area contributed by atoms with Crippen molar-refractivity contribution in [2.45, 2.75) is 32.1 Å². The first kappa shape index (κ1) is 18.0. The maximum absolute atomic E-state index is 13.9. The van der Waals surface area contributed by atoms with Crippen LogP contribution in [0.25, 0.3) is 10.6 Å². The Hall–Kier alpha value is -1.77. The molecule has 0 atom stereocenters. The van der Waals surface area contributed by atoms with Gasteiger partial charge in [0.15, 0.2) is 0 Å². The van der Waals surface area contributed by atoms with E-state index in [4.69, 9.17) is 0 Å². The van der Waals surface area contributed by atoms with Crippen molar-refractivity contribution < 1.29 is 12.8 Å². The van der Waals surface area contributed by atoms with Gasteiger partial charge >= 0.3 is 0 Å². The number of hydrogen-bond acceptors (Lipinski definition) is 5. The molecule has 4 nitrogen and oxygen atoms in total. The minimum atomic E-state index is -3.87. The summed E-state index contributed by atoms with van der Waals surface area (Å²) in [5.74, 6) is -0.602. The van der Waals surface area contributed by atoms with E-state index >= 15 is 0 Å². The number of sulfonamides is 1. The second-order valence-corrected chi connectivity index (χ2v) is 9.45. The zero-order valence-corrected chi connectivity index (χ0v) is 16.4. The Balaban J connectivity index is 1.96. The molecule has 8 heteroatoms. The SMILES string of the molecule is CCc1nc(-c2cc(S(=O)(=O)Nc3cc(C)ccc3F)c(C)s2)cs1. The molecule has 2 aromatic heterocycles. The molecule has 0 aliphatic carbocycles. The van der Waals surface area contributed by atoms with E-state index in [9.17, 15) is 12.8 Å². The quantitative estimate of drug-likeness (QED) is 0.661. The number of anilines is 1. The summed E-state index contributed by atoms with van der Waals surface area (Å²) in [5.41, 5.74) is 1.50. The van der Waals surface area contributed by atoms with Gasteiger partial charge in [-0.25, -0.2) is 17.8 Å². The van der Waals surface area contributed by atoms with Gasteiger partial charge in [-0.2, -0.15) is 0 Å². The van der Waals surface area contributed by atoms with Crippen molar-refractivity contribution in [2.24, 2.45) is 0 Å². The summed E-state index contributed by atoms with van der Waals surface area (Å²) in [6.45, 7) is 5.54. The first-order valence-corrected chi connectivity index (χ1v) is 10.8. The van der Waals surface area contributed by atoms with Gasteiger partial charge in [0.05, 0.1) is 21.3 Å². The number of nitrogens with one attached hydrogen (secondary N) is 1. The van der Waals surface area contributed by atoms with Crippen LogP contribution in [0.5, 0.6) is 0 Å². The summed E-state index contributed by atoms with van der Waals surface area (Å²) in [6, 6.07) is 5.92. The lowest BCUT2D eigenvalue weighted by Gasteiger charge is -2.09. The average Bonchev–Trinajstić information content (AvgIpc) is 3.17. The van der Waals surface area contributed by atoms with E-state index in [1.165, 1.54) is 23.5 Å². The highest BCUT2D eigenvalue weighted by atomic mass is 32.2. The number of aryl methyl sites for hydroxylation is 3. The van der Waals surface area contributed by atoms with Gasteiger partial charge < -0.3 is 0 Å². The lowest BCUT2D eigenvalue weighted by Crippen LogP contribution is -2.14. The summed E-state index contributed by atoms with van der Waals surface area (Å²) in [5, 5.41) is 2.93. The lowest BCUT2D eigenvalue weighted by molar-refractivity contribution is 0.598. The number of thiophene rings is 1. The van der Waals surface area contributed by atoms with Gasteiger partial charge in [0.1, 0.15) is 10.7 Å². The predicted molar refractivity (Wildman–Crippen MR) is 101 cm³/mol. The molecule has 0 saturated heterocycles. The standard InChI is InChI=1S/C17H17FN2O2S3/c1-4-17-19-14(9-23-17)15-8-16(11(3)24-15)25(21,22)20-13-7-10(2)5-6-12(13)18/h5-9,20H,4H2,1-3H3. The Morgan fingerprint density at radius 2 is 2.00 bits per heavy atom. The van der Waals surface area contributed by atoms with Crippen LogP contribution in [0.15, 0.2) is 34.5 Å². The average molecular weight is 397 g/mol. The highest BCUT2D eigenvalue weighted by Crippen LogP contribution is 2.35. The molecule has 0 unspecified atom stereocenters. The number of thiazole rings is 1. The van der Waals surface area contributed by atoms with Crippen LogP contribution < -0.4 is 4.72 Å². The largest absolute Gasteiger partial charge is 0.277 e. The van der Waals surface area contributed by atoms with Crippen LogP contribution in [-0.2, 0) is 16.4 Å². The third-order valence-corrected chi connectivity index (χ3v) is 7.32. The molecule has 0 aliphatic rings. The molecule has 0 saturated carbocycles. The minimum Gasteiger partial charge on any atom is -0.277 e. The fraction of sp³-hybridized carbons (Fsp3) is 0.235. The van der Waals surface area contributed by atoms with Crippen LogP contribution in [0.2, 0.25) is 0 Å². The van der Waals surface area contributed by atoms with E-state index in [1.807, 2.05) is 12.3 Å². The fourth-order valence-electron chi connectivity index (χ4n) is 2.36. The number of halogens is 1. The van der Waals surface area contributed by atoms with Crippen molar-refractivity contribution in [2.75, 3.05) is 4.72 Å². The molecule has 25 heavy (non-hydrogen) atoms. The van der Waals surface area contributed by atoms with Gasteiger partial charge in [-0.3, -0.25) is 4.72 Å². The van der Waals surface area contributed by atoms with Gasteiger partial charge in [-0.05, 0) is 44.0 Å². The van der Waals surface area contributed by atoms with Crippen molar-refractivity contribution in [3.8, 4) is 10.6 Å². The van der Waals surface area contributed by atoms with Crippen LogP contribution in [0.4, 0.5) is 10.1 Å².